The van der Waals surface area contributed by atoms with Crippen molar-refractivity contribution in [2.75, 3.05) is 6.54 Å². The Labute approximate surface area is 156 Å². The van der Waals surface area contributed by atoms with Crippen molar-refractivity contribution in [2.24, 2.45) is 0 Å². The number of aryl methyl sites for hydroxylation is 1. The van der Waals surface area contributed by atoms with E-state index in [-0.39, 0.29) is 11.7 Å². The van der Waals surface area contributed by atoms with Gasteiger partial charge in [0, 0.05) is 30.2 Å². The topological polar surface area (TPSA) is 76.8 Å². The number of nitrogens with zero attached hydrogens (tertiary/aromatic N) is 4. The number of nitrogens with one attached hydrogen (secondary N) is 2. The van der Waals surface area contributed by atoms with Gasteiger partial charge < -0.3 is 19.8 Å². The Balaban J connectivity index is 1.54. The summed E-state index contributed by atoms with van der Waals surface area (Å²) in [4.78, 5) is 12.7. The molecule has 0 atom stereocenters. The highest BCUT2D eigenvalue weighted by atomic mass is 19.1. The summed E-state index contributed by atoms with van der Waals surface area (Å²) in [6.45, 7) is 6.42. The van der Waals surface area contributed by atoms with Crippen LogP contribution in [0.2, 0.25) is 0 Å². The predicted octanol–water partition coefficient (Wildman–Crippen LogP) is 1.86. The van der Waals surface area contributed by atoms with Gasteiger partial charge in [0.15, 0.2) is 5.82 Å². The molecule has 2 N–H and O–H groups in total. The van der Waals surface area contributed by atoms with Gasteiger partial charge in [-0.15, -0.1) is 10.2 Å². The fourth-order valence-electron chi connectivity index (χ4n) is 3.54. The lowest BCUT2D eigenvalue weighted by molar-refractivity contribution is 0.0948. The van der Waals surface area contributed by atoms with E-state index < -0.39 is 0 Å². The number of fused-ring (bicyclic) bond motifs is 1. The van der Waals surface area contributed by atoms with Gasteiger partial charge in [-0.1, -0.05) is 6.07 Å². The summed E-state index contributed by atoms with van der Waals surface area (Å²) >= 11 is 0. The number of carbonyl (C=O) groups is 1. The Morgan fingerprint density at radius 3 is 2.96 bits per heavy atom. The van der Waals surface area contributed by atoms with E-state index in [1.165, 1.54) is 12.1 Å². The van der Waals surface area contributed by atoms with Gasteiger partial charge in [-0.05, 0) is 38.1 Å². The van der Waals surface area contributed by atoms with Crippen LogP contribution in [0, 0.1) is 19.7 Å². The second-order valence-corrected chi connectivity index (χ2v) is 6.64. The molecule has 3 aromatic rings. The lowest BCUT2D eigenvalue weighted by atomic mass is 10.2. The summed E-state index contributed by atoms with van der Waals surface area (Å²) in [5.41, 5.74) is 2.90. The minimum absolute atomic E-state index is 0.183. The fraction of sp³-hybridized carbons (Fsp3) is 0.316. The van der Waals surface area contributed by atoms with Crippen LogP contribution in [0.1, 0.15) is 33.4 Å². The van der Waals surface area contributed by atoms with Crippen LogP contribution >= 0.6 is 0 Å². The number of amides is 1. The number of hydrogen-bond acceptors (Lipinski definition) is 4. The summed E-state index contributed by atoms with van der Waals surface area (Å²) in [5, 5.41) is 14.5. The summed E-state index contributed by atoms with van der Waals surface area (Å²) in [6, 6.07) is 8.16. The van der Waals surface area contributed by atoms with Gasteiger partial charge in [0.25, 0.3) is 5.91 Å². The van der Waals surface area contributed by atoms with E-state index >= 15 is 0 Å². The first kappa shape index (κ1) is 17.4. The lowest BCUT2D eigenvalue weighted by Crippen LogP contribution is -2.31. The second kappa shape index (κ2) is 6.96. The second-order valence-electron chi connectivity index (χ2n) is 6.64. The van der Waals surface area contributed by atoms with E-state index in [1.54, 1.807) is 6.07 Å². The van der Waals surface area contributed by atoms with Crippen molar-refractivity contribution in [3.05, 3.63) is 64.7 Å². The number of hydrogen-bond donors (Lipinski definition) is 2. The molecule has 1 aliphatic heterocycles. The zero-order chi connectivity index (χ0) is 19.0. The largest absolute Gasteiger partial charge is 0.345 e. The number of halogens is 1. The van der Waals surface area contributed by atoms with Gasteiger partial charge in [0.2, 0.25) is 0 Å². The lowest BCUT2D eigenvalue weighted by Gasteiger charge is -2.16. The minimum atomic E-state index is -0.308. The van der Waals surface area contributed by atoms with Crippen LogP contribution in [0.25, 0.3) is 5.69 Å². The van der Waals surface area contributed by atoms with Crippen molar-refractivity contribution in [3.8, 4) is 5.69 Å². The first-order valence-corrected chi connectivity index (χ1v) is 8.89. The van der Waals surface area contributed by atoms with Crippen molar-refractivity contribution < 1.29 is 9.18 Å². The molecule has 1 aromatic carbocycles. The van der Waals surface area contributed by atoms with Crippen molar-refractivity contribution in [3.63, 3.8) is 0 Å². The number of aromatic nitrogens is 4. The van der Waals surface area contributed by atoms with Crippen molar-refractivity contribution in [2.45, 2.75) is 33.5 Å². The molecule has 0 saturated heterocycles. The summed E-state index contributed by atoms with van der Waals surface area (Å²) in [6.07, 6.45) is 0. The first-order valence-electron chi connectivity index (χ1n) is 8.89. The molecule has 4 rings (SSSR count). The average Bonchev–Trinajstić information content (AvgIpc) is 3.20. The predicted molar refractivity (Wildman–Crippen MR) is 98.1 cm³/mol. The Morgan fingerprint density at radius 2 is 2.15 bits per heavy atom. The maximum atomic E-state index is 13.6. The molecule has 0 saturated carbocycles. The molecule has 0 bridgehead atoms. The maximum absolute atomic E-state index is 13.6. The van der Waals surface area contributed by atoms with E-state index in [4.69, 9.17) is 0 Å². The molecule has 8 heteroatoms. The van der Waals surface area contributed by atoms with Crippen molar-refractivity contribution in [1.82, 2.24) is 30.0 Å². The Morgan fingerprint density at radius 1 is 1.30 bits per heavy atom. The van der Waals surface area contributed by atoms with Crippen LogP contribution < -0.4 is 10.6 Å². The molecule has 0 spiro atoms. The van der Waals surface area contributed by atoms with Gasteiger partial charge in [0.05, 0.1) is 18.7 Å². The first-order chi connectivity index (χ1) is 13.0. The zero-order valence-electron chi connectivity index (χ0n) is 15.3. The van der Waals surface area contributed by atoms with Crippen LogP contribution in [-0.2, 0) is 19.6 Å². The highest BCUT2D eigenvalue weighted by Gasteiger charge is 2.19. The van der Waals surface area contributed by atoms with Gasteiger partial charge in [-0.3, -0.25) is 4.79 Å². The molecule has 0 aliphatic carbocycles. The molecular formula is C19H21FN6O. The normalized spacial score (nSPS) is 13.4. The molecule has 1 amide bonds. The Hall–Kier alpha value is -3.00. The number of benzene rings is 1. The van der Waals surface area contributed by atoms with E-state index in [0.29, 0.717) is 24.3 Å². The van der Waals surface area contributed by atoms with Crippen LogP contribution in [0.5, 0.6) is 0 Å². The van der Waals surface area contributed by atoms with Crippen LogP contribution in [0.4, 0.5) is 4.39 Å². The third-order valence-corrected chi connectivity index (χ3v) is 4.85. The van der Waals surface area contributed by atoms with E-state index in [1.807, 2.05) is 35.1 Å². The van der Waals surface area contributed by atoms with Crippen molar-refractivity contribution in [1.29, 1.82) is 0 Å². The monoisotopic (exact) mass is 368 g/mol. The molecule has 2 aromatic heterocycles. The molecule has 7 nitrogen and oxygen atoms in total. The highest BCUT2D eigenvalue weighted by Crippen LogP contribution is 2.21. The third-order valence-electron chi connectivity index (χ3n) is 4.85. The average molecular weight is 368 g/mol. The van der Waals surface area contributed by atoms with E-state index in [2.05, 4.69) is 20.8 Å². The molecule has 1 aliphatic rings. The quantitative estimate of drug-likeness (QED) is 0.737. The van der Waals surface area contributed by atoms with Crippen LogP contribution in [-0.4, -0.2) is 31.8 Å². The third kappa shape index (κ3) is 3.23. The Kier molecular flexibility index (Phi) is 4.49. The standard InChI is InChI=1S/C19H21FN6O/c1-12-8-16(13(2)26(12)15-5-3-4-14(20)9-15)19(27)22-11-18-24-23-17-10-21-6-7-25(17)18/h3-5,8-9,21H,6-7,10-11H2,1-2H3,(H,22,27). The summed E-state index contributed by atoms with van der Waals surface area (Å²) in [7, 11) is 0. The molecule has 140 valence electrons. The highest BCUT2D eigenvalue weighted by molar-refractivity contribution is 5.95. The summed E-state index contributed by atoms with van der Waals surface area (Å²) < 4.78 is 17.5. The number of rotatable bonds is 4. The molecule has 0 fully saturated rings. The van der Waals surface area contributed by atoms with Gasteiger partial charge >= 0.3 is 0 Å². The Bertz CT molecular complexity index is 1010. The smallest absolute Gasteiger partial charge is 0.253 e. The van der Waals surface area contributed by atoms with Crippen LogP contribution in [0.15, 0.2) is 30.3 Å². The summed E-state index contributed by atoms with van der Waals surface area (Å²) in [5.74, 6) is 1.14. The van der Waals surface area contributed by atoms with Crippen molar-refractivity contribution >= 4 is 5.91 Å². The SMILES string of the molecule is Cc1cc(C(=O)NCc2nnc3n2CCNC3)c(C)n1-c1cccc(F)c1. The fourth-order valence-corrected chi connectivity index (χ4v) is 3.54. The van der Waals surface area contributed by atoms with Crippen LogP contribution in [0.3, 0.4) is 0 Å². The maximum Gasteiger partial charge on any atom is 0.253 e. The van der Waals surface area contributed by atoms with Gasteiger partial charge in [0.1, 0.15) is 11.6 Å². The van der Waals surface area contributed by atoms with Gasteiger partial charge in [-0.25, -0.2) is 4.39 Å². The minimum Gasteiger partial charge on any atom is -0.345 e. The molecule has 27 heavy (non-hydrogen) atoms. The molecule has 0 unspecified atom stereocenters. The van der Waals surface area contributed by atoms with E-state index in [0.717, 1.165) is 36.1 Å². The number of carbonyl (C=O) groups excluding carboxylic acids is 1. The van der Waals surface area contributed by atoms with Gasteiger partial charge in [-0.2, -0.15) is 0 Å². The molecular weight excluding hydrogens is 347 g/mol. The molecule has 0 radical (unpaired) electrons. The van der Waals surface area contributed by atoms with E-state index in [9.17, 15) is 9.18 Å². The zero-order valence-corrected chi connectivity index (χ0v) is 15.3. The molecule has 3 heterocycles.